The second kappa shape index (κ2) is 3.63. The van der Waals surface area contributed by atoms with Crippen molar-refractivity contribution in [1.29, 1.82) is 0 Å². The summed E-state index contributed by atoms with van der Waals surface area (Å²) in [4.78, 5) is 0.305. The van der Waals surface area contributed by atoms with Gasteiger partial charge in [-0.25, -0.2) is 8.42 Å². The quantitative estimate of drug-likeness (QED) is 0.800. The maximum atomic E-state index is 11.7. The molecule has 1 aromatic carbocycles. The molecule has 0 radical (unpaired) electrons. The van der Waals surface area contributed by atoms with E-state index in [0.29, 0.717) is 21.1 Å². The average Bonchev–Trinajstić information content (AvgIpc) is 2.39. The molecule has 0 atom stereocenters. The van der Waals surface area contributed by atoms with Crippen LogP contribution in [0.2, 0.25) is 5.02 Å². The van der Waals surface area contributed by atoms with Crippen molar-refractivity contribution in [3.8, 4) is 0 Å². The first-order valence-electron chi connectivity index (χ1n) is 4.29. The Morgan fingerprint density at radius 2 is 2.13 bits per heavy atom. The van der Waals surface area contributed by atoms with E-state index in [1.807, 2.05) is 0 Å². The van der Waals surface area contributed by atoms with E-state index in [4.69, 9.17) is 16.3 Å². The van der Waals surface area contributed by atoms with E-state index in [9.17, 15) is 8.42 Å². The van der Waals surface area contributed by atoms with Gasteiger partial charge in [0.05, 0.1) is 11.5 Å². The molecule has 0 aromatic heterocycles. The van der Waals surface area contributed by atoms with Gasteiger partial charge in [0.15, 0.2) is 0 Å². The first kappa shape index (κ1) is 10.7. The van der Waals surface area contributed by atoms with Gasteiger partial charge < -0.3 is 4.74 Å². The first-order chi connectivity index (χ1) is 7.04. The maximum Gasteiger partial charge on any atom is 0.200 e. The zero-order valence-electron chi connectivity index (χ0n) is 8.03. The Labute approximate surface area is 93.2 Å². The number of benzene rings is 1. The predicted molar refractivity (Wildman–Crippen MR) is 58.5 cm³/mol. The molecule has 0 amide bonds. The van der Waals surface area contributed by atoms with Crippen molar-refractivity contribution in [3.05, 3.63) is 34.2 Å². The molecule has 1 heterocycles. The van der Waals surface area contributed by atoms with Crippen LogP contribution in [0.1, 0.15) is 5.56 Å². The zero-order valence-corrected chi connectivity index (χ0v) is 9.60. The minimum absolute atomic E-state index is 0.270. The molecule has 0 fully saturated rings. The number of fused-ring (bicyclic) bond motifs is 1. The monoisotopic (exact) mass is 244 g/mol. The van der Waals surface area contributed by atoms with E-state index in [0.717, 1.165) is 0 Å². The SMILES string of the molecule is COCC1=CS(=O)(=O)c2ccc(Cl)cc21. The number of ether oxygens (including phenoxy) is 1. The van der Waals surface area contributed by atoms with Crippen LogP contribution in [0, 0.1) is 0 Å². The highest BCUT2D eigenvalue weighted by Gasteiger charge is 2.26. The average molecular weight is 245 g/mol. The lowest BCUT2D eigenvalue weighted by atomic mass is 10.1. The molecule has 1 aliphatic heterocycles. The molecule has 5 heteroatoms. The van der Waals surface area contributed by atoms with Crippen LogP contribution in [0.15, 0.2) is 28.5 Å². The van der Waals surface area contributed by atoms with Gasteiger partial charge in [-0.1, -0.05) is 11.6 Å². The molecular formula is C10H9ClO3S. The Hall–Kier alpha value is -0.840. The summed E-state index contributed by atoms with van der Waals surface area (Å²) in [7, 11) is -1.77. The molecular weight excluding hydrogens is 236 g/mol. The Morgan fingerprint density at radius 3 is 2.80 bits per heavy atom. The minimum atomic E-state index is -3.29. The molecule has 2 rings (SSSR count). The highest BCUT2D eigenvalue weighted by molar-refractivity contribution is 7.95. The van der Waals surface area contributed by atoms with Gasteiger partial charge in [-0.15, -0.1) is 0 Å². The number of hydrogen-bond donors (Lipinski definition) is 0. The molecule has 15 heavy (non-hydrogen) atoms. The second-order valence-corrected chi connectivity index (χ2v) is 5.46. The largest absolute Gasteiger partial charge is 0.380 e. The fraction of sp³-hybridized carbons (Fsp3) is 0.200. The summed E-state index contributed by atoms with van der Waals surface area (Å²) in [6.45, 7) is 0.270. The molecule has 3 nitrogen and oxygen atoms in total. The summed E-state index contributed by atoms with van der Waals surface area (Å²) >= 11 is 5.82. The van der Waals surface area contributed by atoms with Gasteiger partial charge in [0, 0.05) is 23.1 Å². The van der Waals surface area contributed by atoms with Gasteiger partial charge in [0.2, 0.25) is 9.84 Å². The van der Waals surface area contributed by atoms with Crippen molar-refractivity contribution >= 4 is 27.0 Å². The van der Waals surface area contributed by atoms with Crippen molar-refractivity contribution in [2.45, 2.75) is 4.90 Å². The summed E-state index contributed by atoms with van der Waals surface area (Å²) in [6, 6.07) is 4.74. The number of halogens is 1. The molecule has 0 saturated carbocycles. The van der Waals surface area contributed by atoms with Gasteiger partial charge in [0.25, 0.3) is 0 Å². The van der Waals surface area contributed by atoms with Crippen molar-refractivity contribution in [2.24, 2.45) is 0 Å². The van der Waals surface area contributed by atoms with Crippen molar-refractivity contribution < 1.29 is 13.2 Å². The summed E-state index contributed by atoms with van der Waals surface area (Å²) in [5, 5.41) is 1.75. The van der Waals surface area contributed by atoms with Crippen LogP contribution in [0.4, 0.5) is 0 Å². The van der Waals surface area contributed by atoms with Crippen LogP contribution in [-0.2, 0) is 14.6 Å². The van der Waals surface area contributed by atoms with E-state index in [1.165, 1.54) is 18.6 Å². The molecule has 0 saturated heterocycles. The van der Waals surface area contributed by atoms with Crippen LogP contribution in [0.5, 0.6) is 0 Å². The van der Waals surface area contributed by atoms with Crippen molar-refractivity contribution in [1.82, 2.24) is 0 Å². The van der Waals surface area contributed by atoms with E-state index in [2.05, 4.69) is 0 Å². The fourth-order valence-corrected chi connectivity index (χ4v) is 3.21. The van der Waals surface area contributed by atoms with Crippen LogP contribution in [0.3, 0.4) is 0 Å². The Bertz CT molecular complexity index is 532. The van der Waals surface area contributed by atoms with E-state index in [1.54, 1.807) is 12.1 Å². The number of hydrogen-bond acceptors (Lipinski definition) is 3. The number of methoxy groups -OCH3 is 1. The smallest absolute Gasteiger partial charge is 0.200 e. The van der Waals surface area contributed by atoms with Gasteiger partial charge in [-0.05, 0) is 23.8 Å². The van der Waals surface area contributed by atoms with Gasteiger partial charge in [-0.2, -0.15) is 0 Å². The number of sulfone groups is 1. The lowest BCUT2D eigenvalue weighted by Gasteiger charge is -2.03. The highest BCUT2D eigenvalue weighted by atomic mass is 35.5. The summed E-state index contributed by atoms with van der Waals surface area (Å²) < 4.78 is 28.3. The molecule has 0 N–H and O–H groups in total. The first-order valence-corrected chi connectivity index (χ1v) is 6.21. The fourth-order valence-electron chi connectivity index (χ4n) is 1.58. The lowest BCUT2D eigenvalue weighted by Crippen LogP contribution is -1.93. The van der Waals surface area contributed by atoms with Crippen molar-refractivity contribution in [3.63, 3.8) is 0 Å². The molecule has 80 valence electrons. The number of rotatable bonds is 2. The second-order valence-electron chi connectivity index (χ2n) is 3.26. The Balaban J connectivity index is 2.63. The lowest BCUT2D eigenvalue weighted by molar-refractivity contribution is 0.240. The summed E-state index contributed by atoms with van der Waals surface area (Å²) in [5.41, 5.74) is 1.29. The predicted octanol–water partition coefficient (Wildman–Crippen LogP) is 2.11. The van der Waals surface area contributed by atoms with Crippen LogP contribution < -0.4 is 0 Å². The highest BCUT2D eigenvalue weighted by Crippen LogP contribution is 2.34. The van der Waals surface area contributed by atoms with Crippen LogP contribution in [0.25, 0.3) is 5.57 Å². The minimum Gasteiger partial charge on any atom is -0.380 e. The molecule has 1 aliphatic rings. The van der Waals surface area contributed by atoms with Crippen molar-refractivity contribution in [2.75, 3.05) is 13.7 Å². The summed E-state index contributed by atoms with van der Waals surface area (Å²) in [5.74, 6) is 0. The summed E-state index contributed by atoms with van der Waals surface area (Å²) in [6.07, 6.45) is 0. The molecule has 0 spiro atoms. The van der Waals surface area contributed by atoms with Gasteiger partial charge in [-0.3, -0.25) is 0 Å². The zero-order chi connectivity index (χ0) is 11.1. The Kier molecular flexibility index (Phi) is 2.58. The molecule has 0 bridgehead atoms. The third-order valence-corrected chi connectivity index (χ3v) is 3.99. The van der Waals surface area contributed by atoms with E-state index < -0.39 is 9.84 Å². The third-order valence-electron chi connectivity index (χ3n) is 2.19. The molecule has 0 unspecified atom stereocenters. The third kappa shape index (κ3) is 1.80. The normalized spacial score (nSPS) is 17.3. The van der Waals surface area contributed by atoms with Gasteiger partial charge in [0.1, 0.15) is 0 Å². The van der Waals surface area contributed by atoms with Gasteiger partial charge >= 0.3 is 0 Å². The topological polar surface area (TPSA) is 43.4 Å². The molecule has 0 aliphatic carbocycles. The van der Waals surface area contributed by atoms with Crippen LogP contribution >= 0.6 is 11.6 Å². The Morgan fingerprint density at radius 1 is 1.40 bits per heavy atom. The molecule has 1 aromatic rings. The standard InChI is InChI=1S/C10H9ClO3S/c1-14-5-7-6-15(12,13)10-3-2-8(11)4-9(7)10/h2-4,6H,5H2,1H3. The van der Waals surface area contributed by atoms with E-state index in [-0.39, 0.29) is 6.61 Å². The van der Waals surface area contributed by atoms with Crippen LogP contribution in [-0.4, -0.2) is 22.1 Å². The van der Waals surface area contributed by atoms with E-state index >= 15 is 0 Å². The maximum absolute atomic E-state index is 11.7.